The minimum atomic E-state index is -0.0704. The first-order chi connectivity index (χ1) is 19.2. The molecule has 5 aromatic rings. The summed E-state index contributed by atoms with van der Waals surface area (Å²) in [5, 5.41) is 8.99. The fourth-order valence-electron chi connectivity index (χ4n) is 4.97. The van der Waals surface area contributed by atoms with Gasteiger partial charge in [0.2, 0.25) is 0 Å². The van der Waals surface area contributed by atoms with Gasteiger partial charge in [-0.05, 0) is 64.6 Å². The van der Waals surface area contributed by atoms with Crippen LogP contribution in [0.4, 0.5) is 0 Å². The first kappa shape index (κ1) is 27.9. The van der Waals surface area contributed by atoms with Gasteiger partial charge in [0.25, 0.3) is 0 Å². The molecule has 39 heavy (non-hydrogen) atoms. The Morgan fingerprint density at radius 1 is 0.769 bits per heavy atom. The fourth-order valence-corrected chi connectivity index (χ4v) is 4.97. The quantitative estimate of drug-likeness (QED) is 0.157. The highest BCUT2D eigenvalue weighted by Crippen LogP contribution is 2.36. The molecule has 2 heteroatoms. The molecule has 0 saturated heterocycles. The summed E-state index contributed by atoms with van der Waals surface area (Å²) >= 11 is 0. The zero-order chi connectivity index (χ0) is 27.5. The lowest BCUT2D eigenvalue weighted by Crippen LogP contribution is -2.24. The van der Waals surface area contributed by atoms with Crippen LogP contribution in [0, 0.1) is 0 Å². The largest absolute Gasteiger partial charge is 0.376 e. The van der Waals surface area contributed by atoms with E-state index in [2.05, 4.69) is 136 Å². The Hall–Kier alpha value is -4.17. The number of hydrogen-bond donors (Lipinski definition) is 1. The zero-order valence-corrected chi connectivity index (χ0v) is 23.5. The van der Waals surface area contributed by atoms with Crippen molar-refractivity contribution in [1.29, 1.82) is 0 Å². The second-order valence-electron chi connectivity index (χ2n) is 9.71. The highest BCUT2D eigenvalue weighted by Gasteiger charge is 2.22. The summed E-state index contributed by atoms with van der Waals surface area (Å²) in [6, 6.07) is 36.5. The SMILES string of the molecule is C=CCC.CCC=C(CCC)NC(c1cccc(-c2ccccc2)n1)c1c2ccccc2cc2ccccc12. The van der Waals surface area contributed by atoms with Crippen molar-refractivity contribution >= 4 is 21.5 Å². The van der Waals surface area contributed by atoms with E-state index in [0.29, 0.717) is 0 Å². The van der Waals surface area contributed by atoms with E-state index in [-0.39, 0.29) is 6.04 Å². The molecule has 0 aliphatic carbocycles. The predicted octanol–water partition coefficient (Wildman–Crippen LogP) is 10.4. The maximum atomic E-state index is 5.22. The number of hydrogen-bond acceptors (Lipinski definition) is 2. The monoisotopic (exact) mass is 512 g/mol. The van der Waals surface area contributed by atoms with Gasteiger partial charge in [-0.1, -0.05) is 124 Å². The second-order valence-corrected chi connectivity index (χ2v) is 9.71. The van der Waals surface area contributed by atoms with Gasteiger partial charge in [0.05, 0.1) is 17.4 Å². The van der Waals surface area contributed by atoms with E-state index in [1.54, 1.807) is 0 Å². The first-order valence-corrected chi connectivity index (χ1v) is 14.2. The van der Waals surface area contributed by atoms with E-state index in [1.807, 2.05) is 12.1 Å². The first-order valence-electron chi connectivity index (χ1n) is 14.2. The van der Waals surface area contributed by atoms with Crippen LogP contribution < -0.4 is 5.32 Å². The van der Waals surface area contributed by atoms with Gasteiger partial charge < -0.3 is 5.32 Å². The molecule has 0 amide bonds. The number of benzene rings is 4. The Labute approximate surface area is 234 Å². The third kappa shape index (κ3) is 6.83. The fraction of sp³-hybridized carbons (Fsp3) is 0.216. The van der Waals surface area contributed by atoms with Gasteiger partial charge in [0.1, 0.15) is 0 Å². The number of aromatic nitrogens is 1. The molecule has 1 atom stereocenters. The van der Waals surface area contributed by atoms with Crippen molar-refractivity contribution < 1.29 is 0 Å². The van der Waals surface area contributed by atoms with Crippen LogP contribution in [0.25, 0.3) is 32.8 Å². The standard InChI is InChI=1S/C33H32N2.C4H8/c1-3-13-27(14-4-2)34-33(31-22-12-21-30(35-31)24-15-6-5-7-16-24)32-28-19-10-8-17-25(28)23-26-18-9-11-20-29(26)32;1-3-4-2/h5-13,15-23,33-34H,3-4,14H2,1-2H3;3H,1,4H2,2H3. The minimum Gasteiger partial charge on any atom is -0.376 e. The molecule has 0 spiro atoms. The summed E-state index contributed by atoms with van der Waals surface area (Å²) < 4.78 is 0. The number of fused-ring (bicyclic) bond motifs is 2. The molecule has 0 fully saturated rings. The van der Waals surface area contributed by atoms with Crippen molar-refractivity contribution in [3.05, 3.63) is 139 Å². The molecule has 1 heterocycles. The van der Waals surface area contributed by atoms with Crippen LogP contribution in [0.3, 0.4) is 0 Å². The lowest BCUT2D eigenvalue weighted by atomic mass is 9.90. The van der Waals surface area contributed by atoms with Gasteiger partial charge in [-0.3, -0.25) is 4.98 Å². The molecule has 0 aliphatic rings. The van der Waals surface area contributed by atoms with Gasteiger partial charge in [0, 0.05) is 11.3 Å². The van der Waals surface area contributed by atoms with E-state index in [1.165, 1.54) is 32.8 Å². The highest BCUT2D eigenvalue weighted by molar-refractivity contribution is 6.03. The van der Waals surface area contributed by atoms with Crippen LogP contribution in [0.5, 0.6) is 0 Å². The molecule has 0 radical (unpaired) electrons. The lowest BCUT2D eigenvalue weighted by Gasteiger charge is -2.26. The number of rotatable bonds is 9. The normalized spacial score (nSPS) is 12.0. The average Bonchev–Trinajstić information content (AvgIpc) is 2.99. The summed E-state index contributed by atoms with van der Waals surface area (Å²) in [4.78, 5) is 5.22. The van der Waals surface area contributed by atoms with Crippen LogP contribution in [-0.2, 0) is 0 Å². The van der Waals surface area contributed by atoms with Gasteiger partial charge in [0.15, 0.2) is 0 Å². The lowest BCUT2D eigenvalue weighted by molar-refractivity contribution is 0.643. The summed E-state index contributed by atoms with van der Waals surface area (Å²) in [7, 11) is 0. The van der Waals surface area contributed by atoms with E-state index in [4.69, 9.17) is 4.98 Å². The van der Waals surface area contributed by atoms with Crippen LogP contribution in [0.2, 0.25) is 0 Å². The molecule has 0 saturated carbocycles. The molecule has 1 unspecified atom stereocenters. The van der Waals surface area contributed by atoms with Crippen LogP contribution in [0.1, 0.15) is 63.8 Å². The molecule has 2 nitrogen and oxygen atoms in total. The number of pyridine rings is 1. The van der Waals surface area contributed by atoms with E-state index in [0.717, 1.165) is 42.6 Å². The third-order valence-corrected chi connectivity index (χ3v) is 6.83. The summed E-state index contributed by atoms with van der Waals surface area (Å²) in [5.74, 6) is 0. The smallest absolute Gasteiger partial charge is 0.0949 e. The van der Waals surface area contributed by atoms with Crippen molar-refractivity contribution in [2.75, 3.05) is 0 Å². The number of nitrogens with one attached hydrogen (secondary N) is 1. The molecule has 1 aromatic heterocycles. The Morgan fingerprint density at radius 2 is 1.38 bits per heavy atom. The van der Waals surface area contributed by atoms with Crippen LogP contribution >= 0.6 is 0 Å². The average molecular weight is 513 g/mol. The second kappa shape index (κ2) is 14.1. The molecular formula is C37H40N2. The van der Waals surface area contributed by atoms with Crippen molar-refractivity contribution in [2.45, 2.75) is 52.5 Å². The van der Waals surface area contributed by atoms with Crippen molar-refractivity contribution in [3.8, 4) is 11.3 Å². The van der Waals surface area contributed by atoms with E-state index < -0.39 is 0 Å². The summed E-state index contributed by atoms with van der Waals surface area (Å²) in [6.07, 6.45) is 8.40. The molecule has 1 N–H and O–H groups in total. The molecule has 198 valence electrons. The molecular weight excluding hydrogens is 472 g/mol. The Balaban J connectivity index is 0.000000826. The molecule has 0 aliphatic heterocycles. The molecule has 5 rings (SSSR count). The van der Waals surface area contributed by atoms with E-state index >= 15 is 0 Å². The van der Waals surface area contributed by atoms with Gasteiger partial charge in [-0.15, -0.1) is 6.58 Å². The predicted molar refractivity (Wildman–Crippen MR) is 170 cm³/mol. The maximum absolute atomic E-state index is 5.22. The van der Waals surface area contributed by atoms with Crippen molar-refractivity contribution in [1.82, 2.24) is 10.3 Å². The molecule has 0 bridgehead atoms. The van der Waals surface area contributed by atoms with Gasteiger partial charge in [-0.2, -0.15) is 0 Å². The van der Waals surface area contributed by atoms with Gasteiger partial charge >= 0.3 is 0 Å². The van der Waals surface area contributed by atoms with E-state index in [9.17, 15) is 0 Å². The van der Waals surface area contributed by atoms with Crippen LogP contribution in [-0.4, -0.2) is 4.98 Å². The topological polar surface area (TPSA) is 24.9 Å². The maximum Gasteiger partial charge on any atom is 0.0949 e. The van der Waals surface area contributed by atoms with Crippen molar-refractivity contribution in [3.63, 3.8) is 0 Å². The number of nitrogens with zero attached hydrogens (tertiary/aromatic N) is 1. The van der Waals surface area contributed by atoms with Crippen molar-refractivity contribution in [2.24, 2.45) is 0 Å². The minimum absolute atomic E-state index is 0.0704. The highest BCUT2D eigenvalue weighted by atomic mass is 15.0. The van der Waals surface area contributed by atoms with Crippen LogP contribution in [0.15, 0.2) is 128 Å². The zero-order valence-electron chi connectivity index (χ0n) is 23.5. The Bertz CT molecular complexity index is 1480. The van der Waals surface area contributed by atoms with Gasteiger partial charge in [-0.25, -0.2) is 0 Å². The Kier molecular flexibility index (Phi) is 10.1. The third-order valence-electron chi connectivity index (χ3n) is 6.83. The molecule has 4 aromatic carbocycles. The summed E-state index contributed by atoms with van der Waals surface area (Å²) in [5.41, 5.74) is 5.73. The Morgan fingerprint density at radius 3 is 1.97 bits per heavy atom. The number of allylic oxidation sites excluding steroid dienone is 3. The summed E-state index contributed by atoms with van der Waals surface area (Å²) in [6.45, 7) is 9.98.